The molecule has 0 amide bonds. The van der Waals surface area contributed by atoms with Gasteiger partial charge < -0.3 is 9.84 Å². The molecule has 0 radical (unpaired) electrons. The van der Waals surface area contributed by atoms with Crippen LogP contribution in [0.15, 0.2) is 42.0 Å². The normalized spacial score (nSPS) is 40.1. The molecule has 0 aliphatic heterocycles. The van der Waals surface area contributed by atoms with Crippen LogP contribution in [0.5, 0.6) is 0 Å². The van der Waals surface area contributed by atoms with Crippen LogP contribution < -0.4 is 0 Å². The molecular formula is C26H32O4. The van der Waals surface area contributed by atoms with E-state index in [2.05, 4.69) is 6.92 Å². The van der Waals surface area contributed by atoms with Gasteiger partial charge >= 0.3 is 5.97 Å². The smallest absolute Gasteiger partial charge is 0.338 e. The average molecular weight is 409 g/mol. The van der Waals surface area contributed by atoms with Crippen LogP contribution in [-0.2, 0) is 9.53 Å². The second-order valence-electron chi connectivity index (χ2n) is 10.2. The number of fused-ring (bicyclic) bond motifs is 5. The van der Waals surface area contributed by atoms with Crippen LogP contribution in [0, 0.1) is 28.6 Å². The van der Waals surface area contributed by atoms with Gasteiger partial charge in [-0.05, 0) is 80.9 Å². The first-order chi connectivity index (χ1) is 14.5. The molecule has 6 atom stereocenters. The van der Waals surface area contributed by atoms with Gasteiger partial charge in [-0.25, -0.2) is 4.79 Å². The van der Waals surface area contributed by atoms with Gasteiger partial charge in [0.1, 0.15) is 6.10 Å². The molecule has 0 aromatic heterocycles. The molecular weight excluding hydrogens is 376 g/mol. The van der Waals surface area contributed by atoms with Crippen molar-refractivity contribution in [3.8, 4) is 0 Å². The fourth-order valence-corrected chi connectivity index (χ4v) is 7.57. The molecule has 0 bridgehead atoms. The van der Waals surface area contributed by atoms with Gasteiger partial charge in [0, 0.05) is 17.3 Å². The summed E-state index contributed by atoms with van der Waals surface area (Å²) in [4.78, 5) is 24.7. The van der Waals surface area contributed by atoms with E-state index >= 15 is 0 Å². The lowest BCUT2D eigenvalue weighted by molar-refractivity contribution is -0.120. The number of ketones is 1. The van der Waals surface area contributed by atoms with Crippen LogP contribution in [0.1, 0.15) is 68.6 Å². The van der Waals surface area contributed by atoms with Gasteiger partial charge in [-0.1, -0.05) is 30.7 Å². The Kier molecular flexibility index (Phi) is 4.89. The summed E-state index contributed by atoms with van der Waals surface area (Å²) in [6, 6.07) is 9.29. The Labute approximate surface area is 178 Å². The average Bonchev–Trinajstić information content (AvgIpc) is 3.10. The first-order valence-electron chi connectivity index (χ1n) is 11.6. The summed E-state index contributed by atoms with van der Waals surface area (Å²) in [7, 11) is 0. The van der Waals surface area contributed by atoms with Gasteiger partial charge in [-0.15, -0.1) is 0 Å². The number of ether oxygens (including phenoxy) is 1. The van der Waals surface area contributed by atoms with E-state index in [9.17, 15) is 14.7 Å². The van der Waals surface area contributed by atoms with Crippen molar-refractivity contribution in [2.45, 2.75) is 64.4 Å². The zero-order valence-corrected chi connectivity index (χ0v) is 17.8. The van der Waals surface area contributed by atoms with Gasteiger partial charge in [0.25, 0.3) is 0 Å². The number of esters is 1. The lowest BCUT2D eigenvalue weighted by Gasteiger charge is -2.58. The molecule has 1 aromatic rings. The highest BCUT2D eigenvalue weighted by Gasteiger charge is 2.61. The highest BCUT2D eigenvalue weighted by atomic mass is 16.5. The minimum absolute atomic E-state index is 0.00789. The van der Waals surface area contributed by atoms with E-state index in [1.807, 2.05) is 36.4 Å². The van der Waals surface area contributed by atoms with E-state index in [4.69, 9.17) is 4.74 Å². The predicted octanol–water partition coefficient (Wildman–Crippen LogP) is 4.72. The van der Waals surface area contributed by atoms with Crippen molar-refractivity contribution in [1.82, 2.24) is 0 Å². The molecule has 5 rings (SSSR count). The molecule has 4 nitrogen and oxygen atoms in total. The zero-order chi connectivity index (χ0) is 20.9. The van der Waals surface area contributed by atoms with Crippen LogP contribution in [0.2, 0.25) is 0 Å². The second-order valence-corrected chi connectivity index (χ2v) is 10.2. The first kappa shape index (κ1) is 20.0. The van der Waals surface area contributed by atoms with E-state index in [1.165, 1.54) is 5.57 Å². The Morgan fingerprint density at radius 1 is 1.07 bits per heavy atom. The van der Waals surface area contributed by atoms with E-state index in [0.717, 1.165) is 44.9 Å². The maximum absolute atomic E-state index is 12.7. The summed E-state index contributed by atoms with van der Waals surface area (Å²) in [6.07, 6.45) is 9.27. The van der Waals surface area contributed by atoms with Gasteiger partial charge in [0.15, 0.2) is 5.78 Å². The molecule has 3 fully saturated rings. The minimum atomic E-state index is -0.212. The molecule has 4 aliphatic carbocycles. The van der Waals surface area contributed by atoms with E-state index < -0.39 is 0 Å². The molecule has 30 heavy (non-hydrogen) atoms. The van der Waals surface area contributed by atoms with Crippen molar-refractivity contribution in [3.05, 3.63) is 47.5 Å². The fraction of sp³-hybridized carbons (Fsp3) is 0.615. The summed E-state index contributed by atoms with van der Waals surface area (Å²) >= 11 is 0. The van der Waals surface area contributed by atoms with Crippen molar-refractivity contribution in [3.63, 3.8) is 0 Å². The number of rotatable bonds is 3. The largest absolute Gasteiger partial charge is 0.458 e. The molecule has 3 saturated carbocycles. The number of aliphatic hydroxyl groups excluding tert-OH is 1. The summed E-state index contributed by atoms with van der Waals surface area (Å²) in [5.74, 6) is 1.52. The van der Waals surface area contributed by atoms with Crippen LogP contribution in [0.3, 0.4) is 0 Å². The van der Waals surface area contributed by atoms with Crippen molar-refractivity contribution in [2.75, 3.05) is 6.61 Å². The van der Waals surface area contributed by atoms with Crippen LogP contribution in [-0.4, -0.2) is 29.6 Å². The summed E-state index contributed by atoms with van der Waals surface area (Å²) in [5.41, 5.74) is 1.64. The Hall–Kier alpha value is -1.94. The van der Waals surface area contributed by atoms with Gasteiger partial charge in [0.05, 0.1) is 12.2 Å². The van der Waals surface area contributed by atoms with E-state index in [1.54, 1.807) is 0 Å². The maximum atomic E-state index is 12.7. The second kappa shape index (κ2) is 7.33. The molecule has 1 N–H and O–H groups in total. The predicted molar refractivity (Wildman–Crippen MR) is 114 cm³/mol. The monoisotopic (exact) mass is 408 g/mol. The standard InChI is InChI=1S/C26H32O4/c1-25-13-12-22-20(8-7-18-15-19(28)11-14-26(18,22)16-27)21(25)9-10-23(25)30-24(29)17-5-3-2-4-6-17/h2-6,15,20-23,27H,7-14,16H2,1H3/t20-,21-,22-,23+,25-,26-/m1/s1. The summed E-state index contributed by atoms with van der Waals surface area (Å²) in [5, 5.41) is 10.5. The first-order valence-corrected chi connectivity index (χ1v) is 11.6. The third-order valence-corrected chi connectivity index (χ3v) is 9.14. The highest BCUT2D eigenvalue weighted by molar-refractivity contribution is 5.91. The third-order valence-electron chi connectivity index (χ3n) is 9.14. The Balaban J connectivity index is 1.38. The number of carbonyl (C=O) groups is 2. The van der Waals surface area contributed by atoms with Crippen molar-refractivity contribution >= 4 is 11.8 Å². The van der Waals surface area contributed by atoms with Crippen molar-refractivity contribution in [2.24, 2.45) is 28.6 Å². The Bertz CT molecular complexity index is 874. The number of benzene rings is 1. The van der Waals surface area contributed by atoms with Crippen molar-refractivity contribution < 1.29 is 19.4 Å². The molecule has 0 heterocycles. The minimum Gasteiger partial charge on any atom is -0.458 e. The van der Waals surface area contributed by atoms with Crippen LogP contribution in [0.25, 0.3) is 0 Å². The SMILES string of the molecule is C[C@@]12CC[C@@H]3[C@H](CCC4=CC(=O)CC[C@@]43CO)[C@H]1CC[C@@H]2OC(=O)c1ccccc1. The topological polar surface area (TPSA) is 63.6 Å². The quantitative estimate of drug-likeness (QED) is 0.736. The number of aliphatic hydroxyl groups is 1. The van der Waals surface area contributed by atoms with Crippen molar-refractivity contribution in [1.29, 1.82) is 0 Å². The molecule has 4 heteroatoms. The Morgan fingerprint density at radius 2 is 1.87 bits per heavy atom. The van der Waals surface area contributed by atoms with Gasteiger partial charge in [-0.3, -0.25) is 4.79 Å². The number of hydrogen-bond acceptors (Lipinski definition) is 4. The van der Waals surface area contributed by atoms with Crippen LogP contribution >= 0.6 is 0 Å². The van der Waals surface area contributed by atoms with E-state index in [-0.39, 0.29) is 35.3 Å². The number of carbonyl (C=O) groups excluding carboxylic acids is 2. The molecule has 0 spiro atoms. The molecule has 160 valence electrons. The van der Waals surface area contributed by atoms with Gasteiger partial charge in [-0.2, -0.15) is 0 Å². The fourth-order valence-electron chi connectivity index (χ4n) is 7.57. The third kappa shape index (κ3) is 2.90. The highest BCUT2D eigenvalue weighted by Crippen LogP contribution is 2.65. The lowest BCUT2D eigenvalue weighted by atomic mass is 9.47. The molecule has 1 aromatic carbocycles. The Morgan fingerprint density at radius 3 is 2.63 bits per heavy atom. The molecule has 0 saturated heterocycles. The summed E-state index contributed by atoms with van der Waals surface area (Å²) in [6.45, 7) is 2.48. The molecule has 0 unspecified atom stereocenters. The van der Waals surface area contributed by atoms with Crippen LogP contribution in [0.4, 0.5) is 0 Å². The maximum Gasteiger partial charge on any atom is 0.338 e. The van der Waals surface area contributed by atoms with Gasteiger partial charge in [0.2, 0.25) is 0 Å². The summed E-state index contributed by atoms with van der Waals surface area (Å²) < 4.78 is 6.08. The molecule has 4 aliphatic rings. The lowest BCUT2D eigenvalue weighted by Crippen LogP contribution is -2.53. The zero-order valence-electron chi connectivity index (χ0n) is 17.8. The van der Waals surface area contributed by atoms with E-state index in [0.29, 0.717) is 29.7 Å². The number of hydrogen-bond donors (Lipinski definition) is 1.